The van der Waals surface area contributed by atoms with Crippen LogP contribution in [0, 0.1) is 0 Å². The highest BCUT2D eigenvalue weighted by atomic mass is 32.2. The molecule has 25 heavy (non-hydrogen) atoms. The molecule has 0 heterocycles. The van der Waals surface area contributed by atoms with Crippen LogP contribution in [0.1, 0.15) is 53.4 Å². The highest BCUT2D eigenvalue weighted by Crippen LogP contribution is 2.27. The third-order valence-corrected chi connectivity index (χ3v) is 4.33. The second-order valence-electron chi connectivity index (χ2n) is 7.29. The normalized spacial score (nSPS) is 15.0. The van der Waals surface area contributed by atoms with Crippen LogP contribution in [-0.2, 0) is 4.74 Å². The van der Waals surface area contributed by atoms with Crippen LogP contribution in [-0.4, -0.2) is 66.8 Å². The lowest BCUT2D eigenvalue weighted by molar-refractivity contribution is 0.0238. The Morgan fingerprint density at radius 2 is 2.00 bits per heavy atom. The molecule has 1 fully saturated rings. The molecule has 6 nitrogen and oxygen atoms in total. The van der Waals surface area contributed by atoms with Gasteiger partial charge in [0.1, 0.15) is 5.60 Å². The number of nitrogens with one attached hydrogen (secondary N) is 2. The molecule has 0 saturated heterocycles. The number of ether oxygens (including phenoxy) is 1. The summed E-state index contributed by atoms with van der Waals surface area (Å²) in [6, 6.07) is 0.336. The molecule has 0 aliphatic heterocycles. The number of hydrogen-bond acceptors (Lipinski definition) is 4. The average molecular weight is 373 g/mol. The van der Waals surface area contributed by atoms with E-state index < -0.39 is 5.60 Å². The smallest absolute Gasteiger partial charge is 0.410 e. The van der Waals surface area contributed by atoms with Crippen molar-refractivity contribution < 1.29 is 9.53 Å². The molecule has 1 rings (SSSR count). The van der Waals surface area contributed by atoms with E-state index in [2.05, 4.69) is 28.8 Å². The van der Waals surface area contributed by atoms with Crippen molar-refractivity contribution in [3.8, 4) is 0 Å². The Kier molecular flexibility index (Phi) is 10.1. The molecule has 0 atom stereocenters. The third-order valence-electron chi connectivity index (χ3n) is 3.63. The van der Waals surface area contributed by atoms with Crippen LogP contribution in [0.5, 0.6) is 0 Å². The Balaban J connectivity index is 2.40. The predicted molar refractivity (Wildman–Crippen MR) is 108 cm³/mol. The molecular weight excluding hydrogens is 336 g/mol. The Morgan fingerprint density at radius 1 is 1.28 bits per heavy atom. The zero-order valence-corrected chi connectivity index (χ0v) is 17.4. The molecule has 1 saturated carbocycles. The summed E-state index contributed by atoms with van der Waals surface area (Å²) < 4.78 is 5.52. The van der Waals surface area contributed by atoms with E-state index >= 15 is 0 Å². The first kappa shape index (κ1) is 21.9. The summed E-state index contributed by atoms with van der Waals surface area (Å²) in [5.74, 6) is 2.01. The summed E-state index contributed by atoms with van der Waals surface area (Å²) >= 11 is 1.87. The van der Waals surface area contributed by atoms with Gasteiger partial charge in [-0.15, -0.1) is 0 Å². The van der Waals surface area contributed by atoms with Gasteiger partial charge in [0.05, 0.1) is 0 Å². The van der Waals surface area contributed by atoms with Gasteiger partial charge in [0.2, 0.25) is 0 Å². The van der Waals surface area contributed by atoms with Crippen LogP contribution in [0.4, 0.5) is 4.79 Å². The molecular formula is C18H36N4O2S. The number of thioether (sulfide) groups is 1. The number of carbonyl (C=O) groups is 1. The second-order valence-corrected chi connectivity index (χ2v) is 8.28. The minimum atomic E-state index is -0.454. The molecule has 1 aliphatic carbocycles. The number of unbranched alkanes of at least 4 members (excludes halogenated alkanes) is 1. The molecule has 2 N–H and O–H groups in total. The van der Waals surface area contributed by atoms with Crippen molar-refractivity contribution in [3.05, 3.63) is 0 Å². The Morgan fingerprint density at radius 3 is 2.56 bits per heavy atom. The van der Waals surface area contributed by atoms with E-state index in [4.69, 9.17) is 4.74 Å². The van der Waals surface area contributed by atoms with Gasteiger partial charge in [0.15, 0.2) is 5.96 Å². The van der Waals surface area contributed by atoms with E-state index in [1.165, 1.54) is 12.2 Å². The maximum absolute atomic E-state index is 12.3. The first-order valence-corrected chi connectivity index (χ1v) is 10.8. The lowest BCUT2D eigenvalue weighted by atomic mass is 10.2. The van der Waals surface area contributed by atoms with E-state index in [1.54, 1.807) is 0 Å². The number of amides is 1. The molecule has 0 unspecified atom stereocenters. The number of hydrogen-bond donors (Lipinski definition) is 2. The van der Waals surface area contributed by atoms with Crippen molar-refractivity contribution in [2.45, 2.75) is 65.0 Å². The van der Waals surface area contributed by atoms with E-state index in [9.17, 15) is 4.79 Å². The first-order valence-electron chi connectivity index (χ1n) is 9.38. The molecule has 0 aromatic rings. The molecule has 0 radical (unpaired) electrons. The Bertz CT molecular complexity index is 420. The van der Waals surface area contributed by atoms with E-state index in [-0.39, 0.29) is 6.09 Å². The van der Waals surface area contributed by atoms with Crippen LogP contribution < -0.4 is 10.6 Å². The van der Waals surface area contributed by atoms with Crippen molar-refractivity contribution in [3.63, 3.8) is 0 Å². The number of nitrogens with zero attached hydrogens (tertiary/aromatic N) is 2. The summed E-state index contributed by atoms with van der Waals surface area (Å²) in [7, 11) is 0. The summed E-state index contributed by atoms with van der Waals surface area (Å²) in [6.45, 7) is 10.7. The van der Waals surface area contributed by atoms with Crippen LogP contribution in [0.3, 0.4) is 0 Å². The molecule has 1 aliphatic rings. The minimum absolute atomic E-state index is 0.212. The van der Waals surface area contributed by atoms with Gasteiger partial charge in [-0.25, -0.2) is 4.79 Å². The van der Waals surface area contributed by atoms with Crippen LogP contribution in [0.15, 0.2) is 4.99 Å². The summed E-state index contributed by atoms with van der Waals surface area (Å²) in [6.07, 6.45) is 6.36. The summed E-state index contributed by atoms with van der Waals surface area (Å²) in [5, 5.41) is 6.59. The monoisotopic (exact) mass is 372 g/mol. The second kappa shape index (κ2) is 11.5. The maximum atomic E-state index is 12.3. The van der Waals surface area contributed by atoms with Crippen LogP contribution in [0.2, 0.25) is 0 Å². The van der Waals surface area contributed by atoms with Gasteiger partial charge in [-0.1, -0.05) is 0 Å². The van der Waals surface area contributed by atoms with E-state index in [1.807, 2.05) is 37.4 Å². The average Bonchev–Trinajstić information content (AvgIpc) is 3.34. The first-order chi connectivity index (χ1) is 11.9. The fourth-order valence-corrected chi connectivity index (χ4v) is 2.81. The molecule has 1 amide bonds. The highest BCUT2D eigenvalue weighted by molar-refractivity contribution is 7.98. The number of carbonyl (C=O) groups excluding carboxylic acids is 1. The van der Waals surface area contributed by atoms with Gasteiger partial charge in [-0.05, 0) is 65.4 Å². The molecule has 7 heteroatoms. The lowest BCUT2D eigenvalue weighted by Crippen LogP contribution is -2.45. The standard InChI is InChI=1S/C18H36N4O2S/c1-6-19-16(20-11-7-8-14-25-5)21-12-13-22(15-9-10-15)17(23)24-18(2,3)4/h15H,6-14H2,1-5H3,(H2,19,20,21). The van der Waals surface area contributed by atoms with Crippen molar-refractivity contribution in [2.24, 2.45) is 4.99 Å². The largest absolute Gasteiger partial charge is 0.444 e. The molecule has 0 bridgehead atoms. The van der Waals surface area contributed by atoms with Crippen molar-refractivity contribution in [1.29, 1.82) is 0 Å². The Labute approximate surface area is 157 Å². The number of aliphatic imine (C=N–C) groups is 1. The summed E-state index contributed by atoms with van der Waals surface area (Å²) in [4.78, 5) is 18.8. The molecule has 0 aromatic carbocycles. The van der Waals surface area contributed by atoms with E-state index in [0.29, 0.717) is 19.1 Å². The van der Waals surface area contributed by atoms with Gasteiger partial charge in [-0.3, -0.25) is 4.99 Å². The van der Waals surface area contributed by atoms with Crippen molar-refractivity contribution in [1.82, 2.24) is 15.5 Å². The summed E-state index contributed by atoms with van der Waals surface area (Å²) in [5.41, 5.74) is -0.454. The van der Waals surface area contributed by atoms with Gasteiger partial charge in [0.25, 0.3) is 0 Å². The van der Waals surface area contributed by atoms with E-state index in [0.717, 1.165) is 38.3 Å². The zero-order valence-electron chi connectivity index (χ0n) is 16.6. The Hall–Kier alpha value is -1.11. The lowest BCUT2D eigenvalue weighted by Gasteiger charge is -2.27. The number of rotatable bonds is 10. The molecule has 146 valence electrons. The third kappa shape index (κ3) is 10.5. The predicted octanol–water partition coefficient (Wildman–Crippen LogP) is 3.08. The van der Waals surface area contributed by atoms with Crippen LogP contribution >= 0.6 is 11.8 Å². The zero-order chi connectivity index (χ0) is 18.7. The maximum Gasteiger partial charge on any atom is 0.410 e. The van der Waals surface area contributed by atoms with Crippen molar-refractivity contribution >= 4 is 23.8 Å². The van der Waals surface area contributed by atoms with Gasteiger partial charge < -0.3 is 20.3 Å². The minimum Gasteiger partial charge on any atom is -0.444 e. The quantitative estimate of drug-likeness (QED) is 0.350. The van der Waals surface area contributed by atoms with Gasteiger partial charge >= 0.3 is 6.09 Å². The van der Waals surface area contributed by atoms with Gasteiger partial charge in [0, 0.05) is 32.2 Å². The SMILES string of the molecule is CCNC(=NCCCCSC)NCCN(C(=O)OC(C)(C)C)C1CC1. The van der Waals surface area contributed by atoms with Crippen LogP contribution in [0.25, 0.3) is 0 Å². The highest BCUT2D eigenvalue weighted by Gasteiger charge is 2.34. The topological polar surface area (TPSA) is 66.0 Å². The fraction of sp³-hybridized carbons (Fsp3) is 0.889. The number of guanidine groups is 1. The fourth-order valence-electron chi connectivity index (χ4n) is 2.32. The van der Waals surface area contributed by atoms with Gasteiger partial charge in [-0.2, -0.15) is 11.8 Å². The molecule has 0 spiro atoms. The van der Waals surface area contributed by atoms with Crippen molar-refractivity contribution in [2.75, 3.05) is 38.2 Å². The molecule has 0 aromatic heterocycles.